The summed E-state index contributed by atoms with van der Waals surface area (Å²) in [6.07, 6.45) is 7.26. The molecule has 1 amide bonds. The van der Waals surface area contributed by atoms with Crippen LogP contribution in [0.2, 0.25) is 0 Å². The molecule has 1 rings (SSSR count). The highest BCUT2D eigenvalue weighted by atomic mass is 16.2. The van der Waals surface area contributed by atoms with E-state index in [0.29, 0.717) is 12.8 Å². The van der Waals surface area contributed by atoms with Gasteiger partial charge in [-0.15, -0.1) is 6.42 Å². The van der Waals surface area contributed by atoms with Crippen molar-refractivity contribution >= 4 is 5.91 Å². The van der Waals surface area contributed by atoms with Crippen molar-refractivity contribution in [2.75, 3.05) is 6.54 Å². The van der Waals surface area contributed by atoms with Crippen LogP contribution in [0.3, 0.4) is 0 Å². The van der Waals surface area contributed by atoms with Gasteiger partial charge in [0.25, 0.3) is 0 Å². The van der Waals surface area contributed by atoms with Crippen molar-refractivity contribution in [2.24, 2.45) is 5.41 Å². The minimum Gasteiger partial charge on any atom is -0.344 e. The van der Waals surface area contributed by atoms with Gasteiger partial charge in [0, 0.05) is 0 Å². The Morgan fingerprint density at radius 2 is 2.33 bits per heavy atom. The van der Waals surface area contributed by atoms with Crippen LogP contribution in [0.4, 0.5) is 0 Å². The lowest BCUT2D eigenvalue weighted by atomic mass is 9.69. The van der Waals surface area contributed by atoms with Crippen molar-refractivity contribution < 1.29 is 4.79 Å². The Bertz CT molecular complexity index is 265. The maximum absolute atomic E-state index is 11.3. The molecule has 3 heteroatoms. The van der Waals surface area contributed by atoms with Crippen LogP contribution in [0.25, 0.3) is 0 Å². The molecule has 0 aliphatic heterocycles. The third-order valence-corrected chi connectivity index (χ3v) is 2.21. The molecule has 0 aromatic carbocycles. The van der Waals surface area contributed by atoms with Gasteiger partial charge in [-0.2, -0.15) is 5.26 Å². The Balaban J connectivity index is 2.52. The van der Waals surface area contributed by atoms with Gasteiger partial charge < -0.3 is 5.32 Å². The first-order valence-electron chi connectivity index (χ1n) is 3.88. The fourth-order valence-corrected chi connectivity index (χ4v) is 1.22. The van der Waals surface area contributed by atoms with E-state index in [1.54, 1.807) is 0 Å². The first kappa shape index (κ1) is 8.62. The molecular formula is C9H10N2O. The molecule has 3 nitrogen and oxygen atoms in total. The van der Waals surface area contributed by atoms with Gasteiger partial charge in [-0.25, -0.2) is 0 Å². The highest BCUT2D eigenvalue weighted by molar-refractivity contribution is 5.86. The van der Waals surface area contributed by atoms with Gasteiger partial charge in [-0.1, -0.05) is 5.92 Å². The van der Waals surface area contributed by atoms with E-state index in [9.17, 15) is 4.79 Å². The lowest BCUT2D eigenvalue weighted by molar-refractivity contribution is -0.131. The molecule has 0 bridgehead atoms. The molecule has 1 N–H and O–H groups in total. The second-order valence-corrected chi connectivity index (χ2v) is 2.93. The van der Waals surface area contributed by atoms with Gasteiger partial charge >= 0.3 is 0 Å². The van der Waals surface area contributed by atoms with E-state index < -0.39 is 5.41 Å². The number of terminal acetylenes is 1. The number of carbonyl (C=O) groups excluding carboxylic acids is 1. The van der Waals surface area contributed by atoms with Crippen LogP contribution >= 0.6 is 0 Å². The number of amides is 1. The lowest BCUT2D eigenvalue weighted by Crippen LogP contribution is -2.44. The van der Waals surface area contributed by atoms with Crippen LogP contribution in [-0.4, -0.2) is 12.5 Å². The molecule has 12 heavy (non-hydrogen) atoms. The standard InChI is InChI=1S/C9H10N2O/c1-2-6-11-8(12)9(7-10)4-3-5-9/h1H,3-6H2,(H,11,12). The van der Waals surface area contributed by atoms with E-state index in [-0.39, 0.29) is 12.5 Å². The molecule has 0 aromatic rings. The summed E-state index contributed by atoms with van der Waals surface area (Å²) in [6, 6.07) is 2.04. The molecule has 0 aromatic heterocycles. The quantitative estimate of drug-likeness (QED) is 0.598. The van der Waals surface area contributed by atoms with E-state index in [1.165, 1.54) is 0 Å². The normalized spacial score (nSPS) is 18.2. The molecule has 0 radical (unpaired) electrons. The number of nitrogens with one attached hydrogen (secondary N) is 1. The van der Waals surface area contributed by atoms with E-state index in [0.717, 1.165) is 6.42 Å². The summed E-state index contributed by atoms with van der Waals surface area (Å²) in [7, 11) is 0. The predicted molar refractivity (Wildman–Crippen MR) is 43.7 cm³/mol. The van der Waals surface area contributed by atoms with Gasteiger partial charge in [-0.05, 0) is 19.3 Å². The van der Waals surface area contributed by atoms with Crippen molar-refractivity contribution in [1.82, 2.24) is 5.32 Å². The molecule has 0 heterocycles. The molecule has 0 unspecified atom stereocenters. The zero-order chi connectivity index (χ0) is 9.03. The largest absolute Gasteiger partial charge is 0.344 e. The van der Waals surface area contributed by atoms with E-state index >= 15 is 0 Å². The van der Waals surface area contributed by atoms with Crippen LogP contribution < -0.4 is 5.32 Å². The SMILES string of the molecule is C#CCNC(=O)C1(C#N)CCC1. The first-order valence-corrected chi connectivity index (χ1v) is 3.88. The summed E-state index contributed by atoms with van der Waals surface area (Å²) >= 11 is 0. The molecule has 1 aliphatic carbocycles. The molecular weight excluding hydrogens is 152 g/mol. The fourth-order valence-electron chi connectivity index (χ4n) is 1.22. The van der Waals surface area contributed by atoms with Crippen molar-refractivity contribution in [3.05, 3.63) is 0 Å². The Hall–Kier alpha value is -1.48. The van der Waals surface area contributed by atoms with Gasteiger partial charge in [0.1, 0.15) is 5.41 Å². The smallest absolute Gasteiger partial charge is 0.241 e. The van der Waals surface area contributed by atoms with Crippen molar-refractivity contribution in [3.63, 3.8) is 0 Å². The van der Waals surface area contributed by atoms with Crippen molar-refractivity contribution in [2.45, 2.75) is 19.3 Å². The molecule has 1 fully saturated rings. The van der Waals surface area contributed by atoms with Gasteiger partial charge in [0.05, 0.1) is 12.6 Å². The number of hydrogen-bond donors (Lipinski definition) is 1. The van der Waals surface area contributed by atoms with Crippen LogP contribution in [-0.2, 0) is 4.79 Å². The second kappa shape index (κ2) is 3.28. The maximum atomic E-state index is 11.3. The Kier molecular flexibility index (Phi) is 2.35. The van der Waals surface area contributed by atoms with E-state index in [1.807, 2.05) is 6.07 Å². The van der Waals surface area contributed by atoms with Crippen LogP contribution in [0.15, 0.2) is 0 Å². The highest BCUT2D eigenvalue weighted by Crippen LogP contribution is 2.40. The summed E-state index contributed by atoms with van der Waals surface area (Å²) in [6.45, 7) is 0.211. The van der Waals surface area contributed by atoms with Crippen molar-refractivity contribution in [1.29, 1.82) is 5.26 Å². The Morgan fingerprint density at radius 1 is 1.67 bits per heavy atom. The number of hydrogen-bond acceptors (Lipinski definition) is 2. The Labute approximate surface area is 71.8 Å². The number of nitriles is 1. The molecule has 0 atom stereocenters. The summed E-state index contributed by atoms with van der Waals surface area (Å²) in [5.41, 5.74) is -0.767. The van der Waals surface area contributed by atoms with Gasteiger partial charge in [0.2, 0.25) is 5.91 Å². The number of carbonyl (C=O) groups is 1. The molecule has 0 saturated heterocycles. The average molecular weight is 162 g/mol. The monoisotopic (exact) mass is 162 g/mol. The van der Waals surface area contributed by atoms with E-state index in [4.69, 9.17) is 11.7 Å². The highest BCUT2D eigenvalue weighted by Gasteiger charge is 2.44. The van der Waals surface area contributed by atoms with Crippen LogP contribution in [0.1, 0.15) is 19.3 Å². The number of nitrogens with zero attached hydrogens (tertiary/aromatic N) is 1. The summed E-state index contributed by atoms with van der Waals surface area (Å²) in [5, 5.41) is 11.3. The summed E-state index contributed by atoms with van der Waals surface area (Å²) in [4.78, 5) is 11.3. The van der Waals surface area contributed by atoms with E-state index in [2.05, 4.69) is 11.2 Å². The minimum atomic E-state index is -0.767. The second-order valence-electron chi connectivity index (χ2n) is 2.93. The topological polar surface area (TPSA) is 52.9 Å². The molecule has 0 spiro atoms. The van der Waals surface area contributed by atoms with Gasteiger partial charge in [0.15, 0.2) is 0 Å². The van der Waals surface area contributed by atoms with Crippen LogP contribution in [0, 0.1) is 29.1 Å². The zero-order valence-corrected chi connectivity index (χ0v) is 6.76. The third-order valence-electron chi connectivity index (χ3n) is 2.21. The Morgan fingerprint density at radius 3 is 2.67 bits per heavy atom. The lowest BCUT2D eigenvalue weighted by Gasteiger charge is -2.32. The van der Waals surface area contributed by atoms with Crippen LogP contribution in [0.5, 0.6) is 0 Å². The predicted octanol–water partition coefficient (Wildman–Crippen LogP) is 0.430. The third kappa shape index (κ3) is 1.26. The fraction of sp³-hybridized carbons (Fsp3) is 0.556. The molecule has 62 valence electrons. The number of rotatable bonds is 2. The molecule has 1 saturated carbocycles. The average Bonchev–Trinajstić information content (AvgIpc) is 2.00. The van der Waals surface area contributed by atoms with Gasteiger partial charge in [-0.3, -0.25) is 4.79 Å². The maximum Gasteiger partial charge on any atom is 0.241 e. The summed E-state index contributed by atoms with van der Waals surface area (Å²) < 4.78 is 0. The first-order chi connectivity index (χ1) is 5.75. The zero-order valence-electron chi connectivity index (χ0n) is 6.76. The minimum absolute atomic E-state index is 0.211. The van der Waals surface area contributed by atoms with Crippen molar-refractivity contribution in [3.8, 4) is 18.4 Å². The summed E-state index contributed by atoms with van der Waals surface area (Å²) in [5.74, 6) is 2.09. The molecule has 1 aliphatic rings.